The fourth-order valence-electron chi connectivity index (χ4n) is 5.79. The van der Waals surface area contributed by atoms with E-state index in [1.165, 1.54) is 16.7 Å². The molecular weight excluding hydrogens is 655 g/mol. The van der Waals surface area contributed by atoms with Crippen molar-refractivity contribution in [3.8, 4) is 0 Å². The van der Waals surface area contributed by atoms with E-state index in [9.17, 15) is 18.8 Å². The molecule has 0 saturated heterocycles. The molecule has 0 radical (unpaired) electrons. The Kier molecular flexibility index (Phi) is 7.39. The molecule has 1 aromatic heterocycles. The lowest BCUT2D eigenvalue weighted by Gasteiger charge is -2.25. The third-order valence-electron chi connectivity index (χ3n) is 7.85. The molecule has 5 aromatic rings. The second kappa shape index (κ2) is 11.5. The zero-order chi connectivity index (χ0) is 31.2. The number of nitrogens with zero attached hydrogens (tertiary/aromatic N) is 3. The monoisotopic (exact) mass is 678 g/mol. The van der Waals surface area contributed by atoms with E-state index >= 15 is 0 Å². The Bertz CT molecular complexity index is 2210. The number of anilines is 2. The predicted octanol–water partition coefficient (Wildman–Crippen LogP) is 5.69. The van der Waals surface area contributed by atoms with Crippen LogP contribution in [0.3, 0.4) is 0 Å². The number of nitrogens with one attached hydrogen (secondary N) is 1. The van der Waals surface area contributed by atoms with Crippen LogP contribution in [0.25, 0.3) is 5.57 Å². The lowest BCUT2D eigenvalue weighted by atomic mass is 9.95. The highest BCUT2D eigenvalue weighted by molar-refractivity contribution is 9.10. The van der Waals surface area contributed by atoms with Crippen molar-refractivity contribution in [2.24, 2.45) is 4.99 Å². The van der Waals surface area contributed by atoms with Crippen LogP contribution in [0.4, 0.5) is 15.8 Å². The van der Waals surface area contributed by atoms with Crippen LogP contribution in [0.1, 0.15) is 29.7 Å². The summed E-state index contributed by atoms with van der Waals surface area (Å²) >= 11 is 4.64. The fraction of sp³-hybridized carbons (Fsp3) is 0.0857. The highest BCUT2D eigenvalue weighted by atomic mass is 79.9. The quantitative estimate of drug-likeness (QED) is 0.259. The zero-order valence-corrected chi connectivity index (χ0v) is 26.2. The highest BCUT2D eigenvalue weighted by Gasteiger charge is 2.37. The molecule has 0 spiro atoms. The van der Waals surface area contributed by atoms with Gasteiger partial charge in [0, 0.05) is 15.7 Å². The molecule has 7 rings (SSSR count). The van der Waals surface area contributed by atoms with Gasteiger partial charge in [-0.3, -0.25) is 19.0 Å². The number of amides is 2. The summed E-state index contributed by atoms with van der Waals surface area (Å²) in [5, 5.41) is 2.91. The van der Waals surface area contributed by atoms with Crippen LogP contribution in [0.5, 0.6) is 0 Å². The molecule has 2 aliphatic rings. The average molecular weight is 680 g/mol. The number of carbonyl (C=O) groups is 2. The van der Waals surface area contributed by atoms with E-state index in [1.807, 2.05) is 54.6 Å². The molecule has 10 heteroatoms. The van der Waals surface area contributed by atoms with Gasteiger partial charge in [0.2, 0.25) is 0 Å². The van der Waals surface area contributed by atoms with E-state index in [1.54, 1.807) is 48.2 Å². The van der Waals surface area contributed by atoms with Crippen LogP contribution in [-0.2, 0) is 16.1 Å². The van der Waals surface area contributed by atoms with Crippen molar-refractivity contribution >= 4 is 56.0 Å². The molecule has 222 valence electrons. The molecule has 1 atom stereocenters. The maximum absolute atomic E-state index is 14.5. The van der Waals surface area contributed by atoms with Crippen molar-refractivity contribution in [3.05, 3.63) is 161 Å². The van der Waals surface area contributed by atoms with Gasteiger partial charge in [-0.2, -0.15) is 0 Å². The van der Waals surface area contributed by atoms with Gasteiger partial charge >= 0.3 is 0 Å². The van der Waals surface area contributed by atoms with Gasteiger partial charge < -0.3 is 10.2 Å². The van der Waals surface area contributed by atoms with Gasteiger partial charge in [0.05, 0.1) is 35.1 Å². The van der Waals surface area contributed by atoms with Crippen LogP contribution in [0.2, 0.25) is 0 Å². The number of thiazole rings is 1. The summed E-state index contributed by atoms with van der Waals surface area (Å²) in [6, 6.07) is 29.0. The summed E-state index contributed by atoms with van der Waals surface area (Å²) in [7, 11) is 0. The standard InChI is InChI=1S/C35H24BrFN4O3S/c1-20-28(32(42)39-25-10-6-3-7-11-25)30(22-12-15-24(37)16-13-22)41-34(44)31(45-35(41)38-20)29-26-18-23(36)14-17-27(26)40(33(29)43)19-21-8-4-2-5-9-21/h2-18,30H,19H2,1H3,(H,39,42)/b31-29-/t30-/m0/s1. The first-order valence-electron chi connectivity index (χ1n) is 14.1. The molecule has 1 N–H and O–H groups in total. The molecule has 0 aliphatic carbocycles. The minimum absolute atomic E-state index is 0.221. The molecular formula is C35H24BrFN4O3S. The number of rotatable bonds is 5. The summed E-state index contributed by atoms with van der Waals surface area (Å²) in [4.78, 5) is 49.1. The molecule has 2 amide bonds. The van der Waals surface area contributed by atoms with Gasteiger partial charge in [0.25, 0.3) is 17.4 Å². The lowest BCUT2D eigenvalue weighted by Crippen LogP contribution is -2.41. The molecule has 4 aromatic carbocycles. The molecule has 45 heavy (non-hydrogen) atoms. The molecule has 0 bridgehead atoms. The number of allylic oxidation sites excluding steroid dienone is 1. The average Bonchev–Trinajstić information content (AvgIpc) is 3.49. The smallest absolute Gasteiger partial charge is 0.271 e. The first-order chi connectivity index (χ1) is 21.8. The van der Waals surface area contributed by atoms with E-state index in [2.05, 4.69) is 21.2 Å². The first kappa shape index (κ1) is 28.8. The van der Waals surface area contributed by atoms with Crippen molar-refractivity contribution in [2.45, 2.75) is 19.5 Å². The molecule has 0 saturated carbocycles. The van der Waals surface area contributed by atoms with Gasteiger partial charge in [-0.15, -0.1) is 0 Å². The van der Waals surface area contributed by atoms with E-state index < -0.39 is 23.3 Å². The molecule has 3 heterocycles. The molecule has 0 fully saturated rings. The third kappa shape index (κ3) is 5.15. The number of hydrogen-bond acceptors (Lipinski definition) is 5. The molecule has 2 aliphatic heterocycles. The normalized spacial score (nSPS) is 16.7. The maximum Gasteiger partial charge on any atom is 0.271 e. The van der Waals surface area contributed by atoms with Gasteiger partial charge in [-0.25, -0.2) is 9.38 Å². The van der Waals surface area contributed by atoms with Gasteiger partial charge in [-0.05, 0) is 60.5 Å². The van der Waals surface area contributed by atoms with Crippen LogP contribution in [-0.4, -0.2) is 16.4 Å². The fourth-order valence-corrected chi connectivity index (χ4v) is 7.29. The first-order valence-corrected chi connectivity index (χ1v) is 15.7. The second-order valence-electron chi connectivity index (χ2n) is 10.7. The highest BCUT2D eigenvalue weighted by Crippen LogP contribution is 2.38. The maximum atomic E-state index is 14.5. The number of halogens is 2. The number of hydrogen-bond donors (Lipinski definition) is 1. The van der Waals surface area contributed by atoms with Crippen molar-refractivity contribution in [1.82, 2.24) is 4.57 Å². The SMILES string of the molecule is CC1=C(C(=O)Nc2ccccc2)[C@H](c2ccc(F)cc2)n2c(s/c(=C3\C(=O)N(Cc4ccccc4)c4ccc(Br)cc43)c2=O)=N1. The molecule has 0 unspecified atom stereocenters. The Morgan fingerprint density at radius 3 is 2.36 bits per heavy atom. The summed E-state index contributed by atoms with van der Waals surface area (Å²) in [6.45, 7) is 2.04. The van der Waals surface area contributed by atoms with E-state index in [-0.39, 0.29) is 21.6 Å². The Hall–Kier alpha value is -4.93. The molecule has 7 nitrogen and oxygen atoms in total. The summed E-state index contributed by atoms with van der Waals surface area (Å²) in [6.07, 6.45) is 0. The third-order valence-corrected chi connectivity index (χ3v) is 9.39. The van der Waals surface area contributed by atoms with Gasteiger partial charge in [-0.1, -0.05) is 87.9 Å². The van der Waals surface area contributed by atoms with Gasteiger partial charge in [0.15, 0.2) is 4.80 Å². The van der Waals surface area contributed by atoms with Crippen LogP contribution in [0, 0.1) is 5.82 Å². The van der Waals surface area contributed by atoms with Crippen molar-refractivity contribution in [3.63, 3.8) is 0 Å². The number of benzene rings is 4. The number of para-hydroxylation sites is 1. The summed E-state index contributed by atoms with van der Waals surface area (Å²) < 4.78 is 16.5. The Morgan fingerprint density at radius 2 is 1.64 bits per heavy atom. The lowest BCUT2D eigenvalue weighted by molar-refractivity contribution is -0.114. The number of aromatic nitrogens is 1. The Balaban J connectivity index is 1.42. The topological polar surface area (TPSA) is 83.8 Å². The van der Waals surface area contributed by atoms with Crippen LogP contribution in [0.15, 0.2) is 129 Å². The van der Waals surface area contributed by atoms with Crippen molar-refractivity contribution in [1.29, 1.82) is 0 Å². The van der Waals surface area contributed by atoms with Crippen molar-refractivity contribution in [2.75, 3.05) is 10.2 Å². The Labute approximate surface area is 269 Å². The summed E-state index contributed by atoms with van der Waals surface area (Å²) in [5.74, 6) is -1.18. The van der Waals surface area contributed by atoms with Crippen LogP contribution >= 0.6 is 27.3 Å². The predicted molar refractivity (Wildman–Crippen MR) is 176 cm³/mol. The van der Waals surface area contributed by atoms with Crippen LogP contribution < -0.4 is 25.1 Å². The number of carbonyl (C=O) groups excluding carboxylic acids is 2. The largest absolute Gasteiger partial charge is 0.322 e. The van der Waals surface area contributed by atoms with E-state index in [0.717, 1.165) is 21.4 Å². The zero-order valence-electron chi connectivity index (χ0n) is 23.8. The summed E-state index contributed by atoms with van der Waals surface area (Å²) in [5.41, 5.74) is 3.88. The van der Waals surface area contributed by atoms with Crippen molar-refractivity contribution < 1.29 is 14.0 Å². The minimum atomic E-state index is -0.904. The second-order valence-corrected chi connectivity index (χ2v) is 12.6. The Morgan fingerprint density at radius 1 is 0.956 bits per heavy atom. The van der Waals surface area contributed by atoms with E-state index in [4.69, 9.17) is 4.99 Å². The van der Waals surface area contributed by atoms with Gasteiger partial charge in [0.1, 0.15) is 10.3 Å². The minimum Gasteiger partial charge on any atom is -0.322 e. The van der Waals surface area contributed by atoms with E-state index in [0.29, 0.717) is 39.5 Å². The number of fused-ring (bicyclic) bond motifs is 2.